The van der Waals surface area contributed by atoms with E-state index in [9.17, 15) is 13.2 Å². The normalized spacial score (nSPS) is 13.8. The first-order valence-electron chi connectivity index (χ1n) is 4.73. The van der Waals surface area contributed by atoms with Gasteiger partial charge in [0.15, 0.2) is 0 Å². The van der Waals surface area contributed by atoms with Crippen LogP contribution in [0.25, 0.3) is 0 Å². The van der Waals surface area contributed by atoms with Crippen LogP contribution < -0.4 is 0 Å². The van der Waals surface area contributed by atoms with Crippen LogP contribution in [0.3, 0.4) is 0 Å². The molecule has 0 saturated heterocycles. The van der Waals surface area contributed by atoms with Gasteiger partial charge in [-0.25, -0.2) is 0 Å². The van der Waals surface area contributed by atoms with Gasteiger partial charge in [0, 0.05) is 7.11 Å². The van der Waals surface area contributed by atoms with Crippen molar-refractivity contribution >= 4 is 15.9 Å². The number of halogens is 4. The fourth-order valence-electron chi connectivity index (χ4n) is 1.26. The summed E-state index contributed by atoms with van der Waals surface area (Å²) in [4.78, 5) is -1.60. The summed E-state index contributed by atoms with van der Waals surface area (Å²) < 4.78 is 42.0. The predicted molar refractivity (Wildman–Crippen MR) is 59.7 cm³/mol. The quantitative estimate of drug-likeness (QED) is 0.766. The Kier molecular flexibility index (Phi) is 4.80. The summed E-state index contributed by atoms with van der Waals surface area (Å²) in [6.07, 6.45) is -3.55. The molecule has 0 bridgehead atoms. The molecule has 0 amide bonds. The second-order valence-corrected chi connectivity index (χ2v) is 4.30. The molecule has 16 heavy (non-hydrogen) atoms. The van der Waals surface area contributed by atoms with Gasteiger partial charge in [-0.1, -0.05) is 40.2 Å². The molecule has 1 rings (SSSR count). The lowest BCUT2D eigenvalue weighted by Gasteiger charge is -2.14. The van der Waals surface area contributed by atoms with Crippen molar-refractivity contribution in [2.45, 2.75) is 17.4 Å². The summed E-state index contributed by atoms with van der Waals surface area (Å²) in [5, 5.41) is 0. The van der Waals surface area contributed by atoms with Gasteiger partial charge in [-0.15, -0.1) is 0 Å². The molecule has 0 radical (unpaired) electrons. The highest BCUT2D eigenvalue weighted by atomic mass is 79.9. The fourth-order valence-corrected chi connectivity index (χ4v) is 1.57. The molecule has 0 spiro atoms. The van der Waals surface area contributed by atoms with Crippen LogP contribution in [0.2, 0.25) is 0 Å². The van der Waals surface area contributed by atoms with E-state index in [0.717, 1.165) is 5.56 Å². The highest BCUT2D eigenvalue weighted by Crippen LogP contribution is 2.39. The van der Waals surface area contributed by atoms with E-state index >= 15 is 0 Å². The third kappa shape index (κ3) is 3.79. The first kappa shape index (κ1) is 13.5. The minimum absolute atomic E-state index is 0.216. The number of benzene rings is 1. The van der Waals surface area contributed by atoms with E-state index in [1.54, 1.807) is 19.2 Å². The molecule has 1 atom stereocenters. The lowest BCUT2D eigenvalue weighted by atomic mass is 10.1. The third-order valence-electron chi connectivity index (χ3n) is 2.15. The van der Waals surface area contributed by atoms with Crippen LogP contribution in [-0.4, -0.2) is 19.9 Å². The van der Waals surface area contributed by atoms with Gasteiger partial charge in [0.1, 0.15) is 4.83 Å². The molecule has 1 unspecified atom stereocenters. The van der Waals surface area contributed by atoms with E-state index < -0.39 is 11.0 Å². The predicted octanol–water partition coefficient (Wildman–Crippen LogP) is 3.87. The van der Waals surface area contributed by atoms with Gasteiger partial charge in [-0.3, -0.25) is 0 Å². The molecule has 0 N–H and O–H groups in total. The molecule has 90 valence electrons. The zero-order chi connectivity index (χ0) is 12.2. The number of rotatable bonds is 4. The van der Waals surface area contributed by atoms with Crippen molar-refractivity contribution in [2.24, 2.45) is 0 Å². The number of ether oxygens (including phenoxy) is 1. The Morgan fingerprint density at radius 3 is 2.25 bits per heavy atom. The van der Waals surface area contributed by atoms with E-state index in [4.69, 9.17) is 4.74 Å². The van der Waals surface area contributed by atoms with E-state index in [1.807, 2.05) is 0 Å². The van der Waals surface area contributed by atoms with Gasteiger partial charge in [0.25, 0.3) is 0 Å². The van der Waals surface area contributed by atoms with Crippen molar-refractivity contribution in [1.29, 1.82) is 0 Å². The van der Waals surface area contributed by atoms with Crippen LogP contribution in [0.15, 0.2) is 24.3 Å². The van der Waals surface area contributed by atoms with Crippen LogP contribution in [0.1, 0.15) is 16.0 Å². The maximum atomic E-state index is 12.4. The second kappa shape index (κ2) is 5.68. The van der Waals surface area contributed by atoms with Crippen molar-refractivity contribution < 1.29 is 17.9 Å². The Morgan fingerprint density at radius 1 is 1.25 bits per heavy atom. The zero-order valence-electron chi connectivity index (χ0n) is 8.72. The minimum atomic E-state index is -4.26. The number of hydrogen-bond donors (Lipinski definition) is 0. The SMILES string of the molecule is COCCc1ccc(C(Br)C(F)(F)F)cc1. The minimum Gasteiger partial charge on any atom is -0.384 e. The highest BCUT2D eigenvalue weighted by molar-refractivity contribution is 9.09. The number of methoxy groups -OCH3 is 1. The van der Waals surface area contributed by atoms with Crippen molar-refractivity contribution in [1.82, 2.24) is 0 Å². The van der Waals surface area contributed by atoms with Gasteiger partial charge < -0.3 is 4.74 Å². The van der Waals surface area contributed by atoms with Crippen molar-refractivity contribution in [2.75, 3.05) is 13.7 Å². The van der Waals surface area contributed by atoms with Crippen LogP contribution in [0.5, 0.6) is 0 Å². The van der Waals surface area contributed by atoms with Crippen molar-refractivity contribution in [3.63, 3.8) is 0 Å². The maximum Gasteiger partial charge on any atom is 0.405 e. The Bertz CT molecular complexity index is 321. The van der Waals surface area contributed by atoms with Crippen LogP contribution in [-0.2, 0) is 11.2 Å². The Morgan fingerprint density at radius 2 is 1.81 bits per heavy atom. The topological polar surface area (TPSA) is 9.23 Å². The first-order chi connectivity index (χ1) is 7.45. The smallest absolute Gasteiger partial charge is 0.384 e. The van der Waals surface area contributed by atoms with Gasteiger partial charge in [-0.05, 0) is 17.5 Å². The summed E-state index contributed by atoms with van der Waals surface area (Å²) in [6.45, 7) is 0.566. The average Bonchev–Trinajstić information content (AvgIpc) is 2.25. The average molecular weight is 297 g/mol. The van der Waals surface area contributed by atoms with E-state index in [0.29, 0.717) is 13.0 Å². The van der Waals surface area contributed by atoms with E-state index in [2.05, 4.69) is 15.9 Å². The Hall–Kier alpha value is -0.550. The van der Waals surface area contributed by atoms with Crippen LogP contribution in [0.4, 0.5) is 13.2 Å². The molecule has 0 saturated carbocycles. The molecule has 0 aliphatic heterocycles. The molecule has 0 heterocycles. The van der Waals surface area contributed by atoms with Crippen molar-refractivity contribution in [3.05, 3.63) is 35.4 Å². The standard InChI is InChI=1S/C11H12BrF3O/c1-16-7-6-8-2-4-9(5-3-8)10(12)11(13,14)15/h2-5,10H,6-7H2,1H3. The maximum absolute atomic E-state index is 12.4. The van der Waals surface area contributed by atoms with Crippen molar-refractivity contribution in [3.8, 4) is 0 Å². The molecule has 5 heteroatoms. The van der Waals surface area contributed by atoms with Crippen LogP contribution >= 0.6 is 15.9 Å². The summed E-state index contributed by atoms with van der Waals surface area (Å²) in [7, 11) is 1.59. The summed E-state index contributed by atoms with van der Waals surface area (Å²) in [5.74, 6) is 0. The molecule has 1 nitrogen and oxygen atoms in total. The zero-order valence-corrected chi connectivity index (χ0v) is 10.3. The molecule has 0 aromatic heterocycles. The van der Waals surface area contributed by atoms with Gasteiger partial charge in [0.2, 0.25) is 0 Å². The van der Waals surface area contributed by atoms with E-state index in [1.165, 1.54) is 12.1 Å². The Balaban J connectivity index is 2.71. The lowest BCUT2D eigenvalue weighted by Crippen LogP contribution is -2.15. The molecular weight excluding hydrogens is 285 g/mol. The molecule has 1 aromatic rings. The van der Waals surface area contributed by atoms with Gasteiger partial charge in [-0.2, -0.15) is 13.2 Å². The Labute approximate surface area is 101 Å². The number of alkyl halides is 4. The fraction of sp³-hybridized carbons (Fsp3) is 0.455. The monoisotopic (exact) mass is 296 g/mol. The number of hydrogen-bond acceptors (Lipinski definition) is 1. The van der Waals surface area contributed by atoms with E-state index in [-0.39, 0.29) is 5.56 Å². The van der Waals surface area contributed by atoms with Gasteiger partial charge in [0.05, 0.1) is 6.61 Å². The summed E-state index contributed by atoms with van der Waals surface area (Å²) in [6, 6.07) is 6.35. The molecule has 0 aliphatic carbocycles. The lowest BCUT2D eigenvalue weighted by molar-refractivity contribution is -0.128. The molecule has 0 fully saturated rings. The first-order valence-corrected chi connectivity index (χ1v) is 5.65. The summed E-state index contributed by atoms with van der Waals surface area (Å²) >= 11 is 2.63. The molecule has 0 aliphatic rings. The molecular formula is C11H12BrF3O. The third-order valence-corrected chi connectivity index (χ3v) is 3.20. The van der Waals surface area contributed by atoms with Gasteiger partial charge >= 0.3 is 6.18 Å². The highest BCUT2D eigenvalue weighted by Gasteiger charge is 2.38. The van der Waals surface area contributed by atoms with Crippen LogP contribution in [0, 0.1) is 0 Å². The summed E-state index contributed by atoms with van der Waals surface area (Å²) in [5.41, 5.74) is 1.18. The largest absolute Gasteiger partial charge is 0.405 e. The molecule has 1 aromatic carbocycles. The second-order valence-electron chi connectivity index (χ2n) is 3.39.